The average Bonchev–Trinajstić information content (AvgIpc) is 3.66. The van der Waals surface area contributed by atoms with Gasteiger partial charge in [-0.15, -0.1) is 0 Å². The van der Waals surface area contributed by atoms with Gasteiger partial charge in [-0.3, -0.25) is 19.3 Å². The van der Waals surface area contributed by atoms with Crippen LogP contribution in [0.5, 0.6) is 11.5 Å². The minimum Gasteiger partial charge on any atom is -0.497 e. The van der Waals surface area contributed by atoms with Crippen LogP contribution >= 0.6 is 15.9 Å². The molecule has 59 heavy (non-hydrogen) atoms. The van der Waals surface area contributed by atoms with Crippen molar-refractivity contribution < 1.29 is 33.7 Å². The first kappa shape index (κ1) is 40.5. The Bertz CT molecular complexity index is 2360. The van der Waals surface area contributed by atoms with Crippen molar-refractivity contribution in [2.24, 2.45) is 5.92 Å². The number of benzene rings is 5. The van der Waals surface area contributed by atoms with Crippen LogP contribution in [0.25, 0.3) is 0 Å². The number of hydrogen-bond donors (Lipinski definition) is 1. The van der Waals surface area contributed by atoms with E-state index in [1.807, 2.05) is 109 Å². The van der Waals surface area contributed by atoms with E-state index in [0.717, 1.165) is 32.6 Å². The minimum absolute atomic E-state index is 0.0497. The fourth-order valence-corrected chi connectivity index (χ4v) is 13.9. The molecule has 1 saturated heterocycles. The number of aliphatic hydroxyl groups excluding tert-OH is 1. The average molecular weight is 875 g/mol. The fourth-order valence-electron chi connectivity index (χ4n) is 9.48. The van der Waals surface area contributed by atoms with Gasteiger partial charge in [0.25, 0.3) is 11.8 Å². The molecule has 12 heteroatoms. The molecule has 8 rings (SSSR count). The third-order valence-corrected chi connectivity index (χ3v) is 17.2. The maximum atomic E-state index is 15.4. The molecule has 1 spiro atoms. The van der Waals surface area contributed by atoms with Gasteiger partial charge in [0.15, 0.2) is 12.2 Å². The molecule has 3 aliphatic rings. The molecular weight excluding hydrogens is 827 g/mol. The molecule has 304 valence electrons. The Morgan fingerprint density at radius 2 is 1.63 bits per heavy atom. The van der Waals surface area contributed by atoms with Gasteiger partial charge in [-0.05, 0) is 71.3 Å². The second kappa shape index (κ2) is 16.4. The van der Waals surface area contributed by atoms with Gasteiger partial charge in [-0.1, -0.05) is 108 Å². The molecular formula is C47H48BrN3O7Si. The first-order valence-corrected chi connectivity index (χ1v) is 23.8. The first-order valence-electron chi connectivity index (χ1n) is 20.0. The van der Waals surface area contributed by atoms with Gasteiger partial charge in [0.1, 0.15) is 11.5 Å². The zero-order valence-electron chi connectivity index (χ0n) is 33.6. The Labute approximate surface area is 354 Å². The summed E-state index contributed by atoms with van der Waals surface area (Å²) in [5.74, 6) is 0.614. The molecule has 3 amide bonds. The third kappa shape index (κ3) is 7.37. The smallest absolute Gasteiger partial charge is 0.269 e. The monoisotopic (exact) mass is 873 g/mol. The second-order valence-corrected chi connectivity index (χ2v) is 21.7. The lowest BCUT2D eigenvalue weighted by molar-refractivity contribution is -0.150. The number of amides is 3. The number of carbonyl (C=O) groups is 3. The van der Waals surface area contributed by atoms with Crippen molar-refractivity contribution in [2.45, 2.75) is 56.8 Å². The van der Waals surface area contributed by atoms with Crippen LogP contribution in [0, 0.1) is 5.92 Å². The molecule has 0 bridgehead atoms. The van der Waals surface area contributed by atoms with Crippen molar-refractivity contribution in [3.05, 3.63) is 142 Å². The van der Waals surface area contributed by atoms with Crippen LogP contribution in [0.3, 0.4) is 0 Å². The Kier molecular flexibility index (Phi) is 11.3. The van der Waals surface area contributed by atoms with E-state index in [9.17, 15) is 14.7 Å². The maximum absolute atomic E-state index is 15.4. The molecule has 0 radical (unpaired) electrons. The van der Waals surface area contributed by atoms with Crippen molar-refractivity contribution in [3.63, 3.8) is 0 Å². The zero-order chi connectivity index (χ0) is 41.5. The second-order valence-electron chi connectivity index (χ2n) is 16.1. The standard InChI is InChI=1S/C47H48BrN3O7Si/c1-31-45(59(3,4)37-21-19-36(56-2)20-22-37)42(27-43(53)49(24-25-52)28-32-10-6-5-7-11-32)58-47(31)38-26-34(48)16-23-39(38)50(46(47)55)29-33-14-17-35(18-15-33)51-40-12-8-9-13-41(40)57-30-44(51)54/h5-23,26,31,42,45,52H,24-25,27-30H2,1-4H3/t31-,42+,45-,47+/m1/s1. The summed E-state index contributed by atoms with van der Waals surface area (Å²) in [5, 5.41) is 11.2. The first-order chi connectivity index (χ1) is 28.5. The lowest BCUT2D eigenvalue weighted by Gasteiger charge is -2.37. The zero-order valence-corrected chi connectivity index (χ0v) is 36.2. The number of fused-ring (bicyclic) bond motifs is 3. The quantitative estimate of drug-likeness (QED) is 0.128. The van der Waals surface area contributed by atoms with Crippen LogP contribution in [-0.4, -0.2) is 68.8 Å². The molecule has 4 atom stereocenters. The van der Waals surface area contributed by atoms with Crippen molar-refractivity contribution in [1.29, 1.82) is 0 Å². The number of aliphatic hydroxyl groups is 1. The lowest BCUT2D eigenvalue weighted by atomic mass is 9.82. The molecule has 0 unspecified atom stereocenters. The van der Waals surface area contributed by atoms with Crippen LogP contribution < -0.4 is 24.5 Å². The van der Waals surface area contributed by atoms with Gasteiger partial charge in [0.2, 0.25) is 5.91 Å². The van der Waals surface area contributed by atoms with Crippen molar-refractivity contribution in [1.82, 2.24) is 4.90 Å². The van der Waals surface area contributed by atoms with E-state index >= 15 is 4.79 Å². The molecule has 5 aromatic rings. The molecule has 1 fully saturated rings. The van der Waals surface area contributed by atoms with Gasteiger partial charge in [0, 0.05) is 34.7 Å². The summed E-state index contributed by atoms with van der Waals surface area (Å²) in [6.45, 7) is 7.28. The van der Waals surface area contributed by atoms with Crippen molar-refractivity contribution >= 4 is 64.0 Å². The molecule has 3 heterocycles. The van der Waals surface area contributed by atoms with Crippen LogP contribution in [0.4, 0.5) is 17.1 Å². The highest BCUT2D eigenvalue weighted by Gasteiger charge is 2.66. The van der Waals surface area contributed by atoms with E-state index in [2.05, 4.69) is 48.1 Å². The normalized spacial score (nSPS) is 21.0. The molecule has 0 aromatic heterocycles. The number of anilines is 3. The summed E-state index contributed by atoms with van der Waals surface area (Å²) in [4.78, 5) is 48.0. The van der Waals surface area contributed by atoms with Crippen LogP contribution in [-0.2, 0) is 37.8 Å². The number of methoxy groups -OCH3 is 1. The Hall–Kier alpha value is -5.27. The van der Waals surface area contributed by atoms with Gasteiger partial charge in [-0.2, -0.15) is 0 Å². The topological polar surface area (TPSA) is 109 Å². The van der Waals surface area contributed by atoms with E-state index in [4.69, 9.17) is 14.2 Å². The van der Waals surface area contributed by atoms with Crippen LogP contribution in [0.2, 0.25) is 18.6 Å². The predicted molar refractivity (Wildman–Crippen MR) is 234 cm³/mol. The summed E-state index contributed by atoms with van der Waals surface area (Å²) in [6.07, 6.45) is -0.542. The highest BCUT2D eigenvalue weighted by Crippen LogP contribution is 2.60. The number of nitrogens with zero attached hydrogens (tertiary/aromatic N) is 3. The number of carbonyl (C=O) groups excluding carboxylic acids is 3. The van der Waals surface area contributed by atoms with Gasteiger partial charge in [-0.25, -0.2) is 0 Å². The lowest BCUT2D eigenvalue weighted by Crippen LogP contribution is -2.52. The Balaban J connectivity index is 1.15. The highest BCUT2D eigenvalue weighted by molar-refractivity contribution is 9.10. The van der Waals surface area contributed by atoms with Gasteiger partial charge >= 0.3 is 0 Å². The number of hydrogen-bond acceptors (Lipinski definition) is 7. The van der Waals surface area contributed by atoms with E-state index < -0.39 is 19.8 Å². The number of ether oxygens (including phenoxy) is 3. The summed E-state index contributed by atoms with van der Waals surface area (Å²) in [6, 6.07) is 39.0. The number of rotatable bonds is 12. The molecule has 3 aliphatic heterocycles. The number of halogens is 1. The summed E-state index contributed by atoms with van der Waals surface area (Å²) < 4.78 is 19.3. The van der Waals surface area contributed by atoms with Crippen LogP contribution in [0.1, 0.15) is 30.0 Å². The van der Waals surface area contributed by atoms with E-state index in [0.29, 0.717) is 23.7 Å². The largest absolute Gasteiger partial charge is 0.497 e. The van der Waals surface area contributed by atoms with E-state index in [-0.39, 0.29) is 61.9 Å². The van der Waals surface area contributed by atoms with Crippen LogP contribution in [0.15, 0.2) is 126 Å². The summed E-state index contributed by atoms with van der Waals surface area (Å²) >= 11 is 3.70. The minimum atomic E-state index is -2.53. The number of para-hydroxylation sites is 2. The Morgan fingerprint density at radius 1 is 0.915 bits per heavy atom. The van der Waals surface area contributed by atoms with E-state index in [1.54, 1.807) is 21.8 Å². The Morgan fingerprint density at radius 3 is 2.34 bits per heavy atom. The van der Waals surface area contributed by atoms with Crippen molar-refractivity contribution in [3.8, 4) is 11.5 Å². The SMILES string of the molecule is COc1ccc([Si](C)(C)[C@H]2[C@H](CC(=O)N(CCO)Cc3ccccc3)O[C@@]3(C(=O)N(Cc4ccc(N5C(=O)COc6ccccc65)cc4)c4ccc(Br)cc43)[C@@H]2C)cc1. The molecule has 5 aromatic carbocycles. The van der Waals surface area contributed by atoms with Crippen molar-refractivity contribution in [2.75, 3.05) is 36.7 Å². The molecule has 1 N–H and O–H groups in total. The summed E-state index contributed by atoms with van der Waals surface area (Å²) in [5.41, 5.74) is 3.24. The van der Waals surface area contributed by atoms with Gasteiger partial charge < -0.3 is 29.1 Å². The fraction of sp³-hybridized carbons (Fsp3) is 0.298. The molecule has 0 saturated carbocycles. The molecule has 10 nitrogen and oxygen atoms in total. The third-order valence-electron chi connectivity index (χ3n) is 12.4. The molecule has 0 aliphatic carbocycles. The highest BCUT2D eigenvalue weighted by atomic mass is 79.9. The van der Waals surface area contributed by atoms with E-state index in [1.165, 1.54) is 5.19 Å². The van der Waals surface area contributed by atoms with Gasteiger partial charge in [0.05, 0.1) is 52.2 Å². The maximum Gasteiger partial charge on any atom is 0.269 e. The predicted octanol–water partition coefficient (Wildman–Crippen LogP) is 7.69. The summed E-state index contributed by atoms with van der Waals surface area (Å²) in [7, 11) is -0.887.